The normalized spacial score (nSPS) is 16.0. The molecular weight excluding hydrogens is 356 g/mol. The minimum absolute atomic E-state index is 0.00194. The van der Waals surface area contributed by atoms with E-state index in [4.69, 9.17) is 0 Å². The Morgan fingerprint density at radius 3 is 2.48 bits per heavy atom. The number of carbonyl (C=O) groups is 2. The number of fused-ring (bicyclic) bond motifs is 1. The Morgan fingerprint density at radius 1 is 1.11 bits per heavy atom. The van der Waals surface area contributed by atoms with Gasteiger partial charge in [-0.1, -0.05) is 36.8 Å². The van der Waals surface area contributed by atoms with Crippen molar-refractivity contribution in [3.63, 3.8) is 0 Å². The summed E-state index contributed by atoms with van der Waals surface area (Å²) in [5.74, 6) is -0.117. The summed E-state index contributed by atoms with van der Waals surface area (Å²) in [7, 11) is 0. The standard InChI is InChI=1S/C22H26N2O2S/c1-14-11-15(2)22(16(3)12-14)23-20(25)9-10-21(26)24-13-17(4)27-19-8-6-5-7-18(19)24/h5-8,11-12,17H,9-10,13H2,1-4H3,(H,23,25)/t17-/m0/s1. The van der Waals surface area contributed by atoms with E-state index < -0.39 is 0 Å². The van der Waals surface area contributed by atoms with Crippen LogP contribution in [0.4, 0.5) is 11.4 Å². The third-order valence-electron chi connectivity index (χ3n) is 4.73. The molecule has 0 aromatic heterocycles. The maximum atomic E-state index is 12.8. The summed E-state index contributed by atoms with van der Waals surface area (Å²) in [6, 6.07) is 12.1. The lowest BCUT2D eigenvalue weighted by Crippen LogP contribution is -2.38. The molecule has 0 saturated carbocycles. The molecule has 0 spiro atoms. The minimum atomic E-state index is -0.119. The molecule has 2 aromatic rings. The van der Waals surface area contributed by atoms with Gasteiger partial charge in [-0.05, 0) is 44.0 Å². The summed E-state index contributed by atoms with van der Waals surface area (Å²) in [5, 5.41) is 3.32. The van der Waals surface area contributed by atoms with E-state index in [0.29, 0.717) is 11.8 Å². The number of nitrogens with one attached hydrogen (secondary N) is 1. The first-order valence-corrected chi connectivity index (χ1v) is 10.2. The molecular formula is C22H26N2O2S. The zero-order chi connectivity index (χ0) is 19.6. The van der Waals surface area contributed by atoms with Gasteiger partial charge in [0.05, 0.1) is 5.69 Å². The third-order valence-corrected chi connectivity index (χ3v) is 5.88. The van der Waals surface area contributed by atoms with Crippen molar-refractivity contribution in [2.45, 2.75) is 50.7 Å². The molecule has 1 aliphatic rings. The van der Waals surface area contributed by atoms with Gasteiger partial charge in [-0.2, -0.15) is 0 Å². The maximum Gasteiger partial charge on any atom is 0.227 e. The first kappa shape index (κ1) is 19.5. The zero-order valence-corrected chi connectivity index (χ0v) is 17.2. The Balaban J connectivity index is 1.64. The molecule has 1 aliphatic heterocycles. The van der Waals surface area contributed by atoms with E-state index in [-0.39, 0.29) is 24.7 Å². The van der Waals surface area contributed by atoms with E-state index >= 15 is 0 Å². The summed E-state index contributed by atoms with van der Waals surface area (Å²) in [5.41, 5.74) is 5.07. The molecule has 0 saturated heterocycles. The van der Waals surface area contributed by atoms with Crippen molar-refractivity contribution < 1.29 is 9.59 Å². The van der Waals surface area contributed by atoms with E-state index in [0.717, 1.165) is 27.4 Å². The van der Waals surface area contributed by atoms with E-state index in [1.54, 1.807) is 11.8 Å². The van der Waals surface area contributed by atoms with Crippen LogP contribution in [0.15, 0.2) is 41.3 Å². The van der Waals surface area contributed by atoms with Crippen LogP contribution in [-0.4, -0.2) is 23.6 Å². The molecule has 1 atom stereocenters. The molecule has 0 unspecified atom stereocenters. The molecule has 27 heavy (non-hydrogen) atoms. The lowest BCUT2D eigenvalue weighted by atomic mass is 10.0. The van der Waals surface area contributed by atoms with E-state index in [1.807, 2.05) is 49.9 Å². The van der Waals surface area contributed by atoms with Crippen LogP contribution < -0.4 is 10.2 Å². The first-order valence-electron chi connectivity index (χ1n) is 9.29. The molecule has 1 N–H and O–H groups in total. The quantitative estimate of drug-likeness (QED) is 0.822. The van der Waals surface area contributed by atoms with Gasteiger partial charge in [0.25, 0.3) is 0 Å². The smallest absolute Gasteiger partial charge is 0.227 e. The number of aryl methyl sites for hydroxylation is 3. The topological polar surface area (TPSA) is 49.4 Å². The zero-order valence-electron chi connectivity index (χ0n) is 16.3. The Labute approximate surface area is 165 Å². The van der Waals surface area contributed by atoms with E-state index in [2.05, 4.69) is 24.4 Å². The van der Waals surface area contributed by atoms with Gasteiger partial charge in [0.15, 0.2) is 0 Å². The molecule has 3 rings (SSSR count). The summed E-state index contributed by atoms with van der Waals surface area (Å²) < 4.78 is 0. The fourth-order valence-electron chi connectivity index (χ4n) is 3.56. The van der Waals surface area contributed by atoms with Gasteiger partial charge in [0.2, 0.25) is 11.8 Å². The molecule has 142 valence electrons. The number of hydrogen-bond donors (Lipinski definition) is 1. The van der Waals surface area contributed by atoms with E-state index in [9.17, 15) is 9.59 Å². The van der Waals surface area contributed by atoms with Gasteiger partial charge in [-0.3, -0.25) is 9.59 Å². The number of amides is 2. The molecule has 0 fully saturated rings. The number of rotatable bonds is 4. The van der Waals surface area contributed by atoms with Gasteiger partial charge in [-0.15, -0.1) is 11.8 Å². The van der Waals surface area contributed by atoms with Crippen molar-refractivity contribution in [1.29, 1.82) is 0 Å². The Kier molecular flexibility index (Phi) is 5.90. The van der Waals surface area contributed by atoms with E-state index in [1.165, 1.54) is 5.56 Å². The van der Waals surface area contributed by atoms with Gasteiger partial charge >= 0.3 is 0 Å². The number of thioether (sulfide) groups is 1. The van der Waals surface area contributed by atoms with Crippen LogP contribution in [0.25, 0.3) is 0 Å². The SMILES string of the molecule is Cc1cc(C)c(NC(=O)CCC(=O)N2C[C@H](C)Sc3ccccc32)c(C)c1. The van der Waals surface area contributed by atoms with Gasteiger partial charge in [0.1, 0.15) is 0 Å². The number of anilines is 2. The number of benzene rings is 2. The highest BCUT2D eigenvalue weighted by molar-refractivity contribution is 8.00. The second kappa shape index (κ2) is 8.17. The molecule has 0 radical (unpaired) electrons. The summed E-state index contributed by atoms with van der Waals surface area (Å²) in [4.78, 5) is 28.1. The summed E-state index contributed by atoms with van der Waals surface area (Å²) >= 11 is 1.79. The molecule has 0 aliphatic carbocycles. The predicted molar refractivity (Wildman–Crippen MR) is 113 cm³/mol. The minimum Gasteiger partial charge on any atom is -0.326 e. The average Bonchev–Trinajstić information content (AvgIpc) is 2.62. The monoisotopic (exact) mass is 382 g/mol. The summed E-state index contributed by atoms with van der Waals surface area (Å²) in [6.07, 6.45) is 0.396. The number of carbonyl (C=O) groups excluding carboxylic acids is 2. The Bertz CT molecular complexity index is 855. The van der Waals surface area contributed by atoms with Gasteiger partial charge < -0.3 is 10.2 Å². The van der Waals surface area contributed by atoms with Crippen LogP contribution in [0, 0.1) is 20.8 Å². The second-order valence-electron chi connectivity index (χ2n) is 7.22. The lowest BCUT2D eigenvalue weighted by molar-refractivity contribution is -0.122. The molecule has 4 nitrogen and oxygen atoms in total. The second-order valence-corrected chi connectivity index (χ2v) is 8.70. The van der Waals surface area contributed by atoms with Crippen LogP contribution in [0.5, 0.6) is 0 Å². The highest BCUT2D eigenvalue weighted by Crippen LogP contribution is 2.38. The van der Waals surface area contributed by atoms with Gasteiger partial charge in [-0.25, -0.2) is 0 Å². The van der Waals surface area contributed by atoms with Crippen molar-refractivity contribution in [1.82, 2.24) is 0 Å². The Morgan fingerprint density at radius 2 is 1.78 bits per heavy atom. The molecule has 2 aromatic carbocycles. The van der Waals surface area contributed by atoms with Gasteiger partial charge in [0, 0.05) is 35.2 Å². The summed E-state index contributed by atoms with van der Waals surface area (Å²) in [6.45, 7) is 8.82. The molecule has 0 bridgehead atoms. The maximum absolute atomic E-state index is 12.8. The molecule has 5 heteroatoms. The van der Waals surface area contributed by atoms with Crippen molar-refractivity contribution >= 4 is 35.0 Å². The Hall–Kier alpha value is -2.27. The van der Waals surface area contributed by atoms with Crippen molar-refractivity contribution in [2.24, 2.45) is 0 Å². The molecule has 1 heterocycles. The van der Waals surface area contributed by atoms with Crippen LogP contribution >= 0.6 is 11.8 Å². The first-order chi connectivity index (χ1) is 12.8. The van der Waals surface area contributed by atoms with Crippen molar-refractivity contribution in [3.05, 3.63) is 53.1 Å². The van der Waals surface area contributed by atoms with Crippen molar-refractivity contribution in [2.75, 3.05) is 16.8 Å². The lowest BCUT2D eigenvalue weighted by Gasteiger charge is -2.32. The highest BCUT2D eigenvalue weighted by atomic mass is 32.2. The van der Waals surface area contributed by atoms with Crippen LogP contribution in [-0.2, 0) is 9.59 Å². The van der Waals surface area contributed by atoms with Crippen LogP contribution in [0.3, 0.4) is 0 Å². The largest absolute Gasteiger partial charge is 0.326 e. The number of para-hydroxylation sites is 1. The fraction of sp³-hybridized carbons (Fsp3) is 0.364. The average molecular weight is 383 g/mol. The predicted octanol–water partition coefficient (Wildman–Crippen LogP) is 4.86. The highest BCUT2D eigenvalue weighted by Gasteiger charge is 2.26. The van der Waals surface area contributed by atoms with Crippen molar-refractivity contribution in [3.8, 4) is 0 Å². The fourth-order valence-corrected chi connectivity index (χ4v) is 4.67. The molecule has 2 amide bonds. The number of hydrogen-bond acceptors (Lipinski definition) is 3. The van der Waals surface area contributed by atoms with Crippen LogP contribution in [0.1, 0.15) is 36.5 Å². The van der Waals surface area contributed by atoms with Crippen LogP contribution in [0.2, 0.25) is 0 Å². The third kappa shape index (κ3) is 4.53. The number of nitrogens with zero attached hydrogens (tertiary/aromatic N) is 1.